The molecule has 0 aliphatic carbocycles. The van der Waals surface area contributed by atoms with E-state index in [0.29, 0.717) is 4.99 Å². The molecule has 0 radical (unpaired) electrons. The van der Waals surface area contributed by atoms with E-state index in [9.17, 15) is 0 Å². The highest BCUT2D eigenvalue weighted by molar-refractivity contribution is 7.80. The third-order valence-corrected chi connectivity index (χ3v) is 3.85. The first kappa shape index (κ1) is 14.2. The second kappa shape index (κ2) is 5.43. The van der Waals surface area contributed by atoms with Crippen molar-refractivity contribution in [3.63, 3.8) is 0 Å². The van der Waals surface area contributed by atoms with Gasteiger partial charge in [0.05, 0.1) is 11.9 Å². The third kappa shape index (κ3) is 3.22. The van der Waals surface area contributed by atoms with E-state index < -0.39 is 0 Å². The van der Waals surface area contributed by atoms with Gasteiger partial charge in [-0.2, -0.15) is 0 Å². The highest BCUT2D eigenvalue weighted by Gasteiger charge is 2.26. The van der Waals surface area contributed by atoms with Crippen LogP contribution in [-0.4, -0.2) is 46.6 Å². The van der Waals surface area contributed by atoms with Gasteiger partial charge in [0.2, 0.25) is 0 Å². The van der Waals surface area contributed by atoms with Crippen LogP contribution >= 0.6 is 12.2 Å². The van der Waals surface area contributed by atoms with Crippen LogP contribution in [0.3, 0.4) is 0 Å². The van der Waals surface area contributed by atoms with Crippen molar-refractivity contribution < 1.29 is 0 Å². The summed E-state index contributed by atoms with van der Waals surface area (Å²) in [6.07, 6.45) is 3.60. The molecule has 0 bridgehead atoms. The lowest BCUT2D eigenvalue weighted by atomic mass is 10.0. The molecule has 0 saturated carbocycles. The summed E-state index contributed by atoms with van der Waals surface area (Å²) in [5.41, 5.74) is 8.00. The van der Waals surface area contributed by atoms with E-state index in [4.69, 9.17) is 18.0 Å². The minimum absolute atomic E-state index is 0.229. The molecular weight excluding hydrogens is 256 g/mol. The molecule has 2 rings (SSSR count). The average Bonchev–Trinajstić information content (AvgIpc) is 2.38. The lowest BCUT2D eigenvalue weighted by Crippen LogP contribution is -2.53. The zero-order valence-electron chi connectivity index (χ0n) is 11.9. The Morgan fingerprint density at radius 2 is 1.89 bits per heavy atom. The van der Waals surface area contributed by atoms with Crippen molar-refractivity contribution in [2.75, 3.05) is 31.1 Å². The maximum Gasteiger partial charge on any atom is 0.106 e. The molecule has 4 nitrogen and oxygen atoms in total. The van der Waals surface area contributed by atoms with E-state index in [2.05, 4.69) is 35.6 Å². The van der Waals surface area contributed by atoms with Crippen molar-refractivity contribution in [1.29, 1.82) is 0 Å². The van der Waals surface area contributed by atoms with Crippen molar-refractivity contribution in [3.8, 4) is 0 Å². The molecule has 1 aliphatic heterocycles. The minimum Gasteiger partial charge on any atom is -0.389 e. The molecule has 0 unspecified atom stereocenters. The standard InChI is InChI=1S/C14H22N4S/c1-14(2,3)18-8-6-17(7-9-18)12-10-16-5-4-11(12)13(15)19/h4-5,10H,6-9H2,1-3H3,(H2,15,19). The molecule has 1 aromatic rings. The Bertz CT molecular complexity index is 459. The number of aromatic nitrogens is 1. The summed E-state index contributed by atoms with van der Waals surface area (Å²) in [6.45, 7) is 10.8. The van der Waals surface area contributed by atoms with Gasteiger partial charge in [-0.05, 0) is 26.8 Å². The maximum atomic E-state index is 5.78. The summed E-state index contributed by atoms with van der Waals surface area (Å²) in [5.74, 6) is 0. The molecular formula is C14H22N4S. The second-order valence-corrected chi connectivity index (χ2v) is 6.34. The van der Waals surface area contributed by atoms with Crippen LogP contribution in [0.5, 0.6) is 0 Å². The number of rotatable bonds is 2. The summed E-state index contributed by atoms with van der Waals surface area (Å²) in [6, 6.07) is 1.90. The summed E-state index contributed by atoms with van der Waals surface area (Å²) in [7, 11) is 0. The highest BCUT2D eigenvalue weighted by Crippen LogP contribution is 2.23. The zero-order valence-corrected chi connectivity index (χ0v) is 12.7. The number of hydrogen-bond donors (Lipinski definition) is 1. The number of pyridine rings is 1. The molecule has 104 valence electrons. The van der Waals surface area contributed by atoms with Crippen molar-refractivity contribution in [2.45, 2.75) is 26.3 Å². The fourth-order valence-electron chi connectivity index (χ4n) is 2.46. The van der Waals surface area contributed by atoms with Crippen LogP contribution in [0.2, 0.25) is 0 Å². The molecule has 19 heavy (non-hydrogen) atoms. The fourth-order valence-corrected chi connectivity index (χ4v) is 2.64. The summed E-state index contributed by atoms with van der Waals surface area (Å²) in [4.78, 5) is 9.46. The predicted octanol–water partition coefficient (Wildman–Crippen LogP) is 1.64. The van der Waals surface area contributed by atoms with Crippen molar-refractivity contribution in [1.82, 2.24) is 9.88 Å². The Morgan fingerprint density at radius 3 is 2.42 bits per heavy atom. The quantitative estimate of drug-likeness (QED) is 0.833. The third-order valence-electron chi connectivity index (χ3n) is 3.63. The molecule has 2 heterocycles. The SMILES string of the molecule is CC(C)(C)N1CCN(c2cnccc2C(N)=S)CC1. The lowest BCUT2D eigenvalue weighted by molar-refractivity contribution is 0.128. The molecule has 1 aromatic heterocycles. The Kier molecular flexibility index (Phi) is 4.06. The Morgan fingerprint density at radius 1 is 1.26 bits per heavy atom. The van der Waals surface area contributed by atoms with E-state index >= 15 is 0 Å². The number of thiocarbonyl (C=S) groups is 1. The van der Waals surface area contributed by atoms with Crippen LogP contribution in [0, 0.1) is 0 Å². The van der Waals surface area contributed by atoms with E-state index in [1.54, 1.807) is 6.20 Å². The van der Waals surface area contributed by atoms with Crippen molar-refractivity contribution >= 4 is 22.9 Å². The van der Waals surface area contributed by atoms with Gasteiger partial charge < -0.3 is 10.6 Å². The first-order chi connectivity index (χ1) is 8.89. The van der Waals surface area contributed by atoms with Crippen molar-refractivity contribution in [2.24, 2.45) is 5.73 Å². The monoisotopic (exact) mass is 278 g/mol. The average molecular weight is 278 g/mol. The smallest absolute Gasteiger partial charge is 0.106 e. The first-order valence-corrected chi connectivity index (χ1v) is 7.04. The number of hydrogen-bond acceptors (Lipinski definition) is 4. The summed E-state index contributed by atoms with van der Waals surface area (Å²) in [5, 5.41) is 0. The molecule has 0 amide bonds. The molecule has 2 N–H and O–H groups in total. The molecule has 0 aromatic carbocycles. The number of nitrogens with zero attached hydrogens (tertiary/aromatic N) is 3. The van der Waals surface area contributed by atoms with Crippen LogP contribution in [0.15, 0.2) is 18.5 Å². The molecule has 1 fully saturated rings. The Hall–Kier alpha value is -1.20. The van der Waals surface area contributed by atoms with Gasteiger partial charge in [-0.3, -0.25) is 9.88 Å². The normalized spacial score (nSPS) is 17.5. The number of nitrogens with two attached hydrogens (primary N) is 1. The Balaban J connectivity index is 2.12. The van der Waals surface area contributed by atoms with Gasteiger partial charge in [-0.1, -0.05) is 12.2 Å². The predicted molar refractivity (Wildman–Crippen MR) is 83.7 cm³/mol. The molecule has 1 aliphatic rings. The fraction of sp³-hybridized carbons (Fsp3) is 0.571. The van der Waals surface area contributed by atoms with E-state index in [0.717, 1.165) is 37.4 Å². The minimum atomic E-state index is 0.229. The van der Waals surface area contributed by atoms with Gasteiger partial charge in [0.1, 0.15) is 4.99 Å². The van der Waals surface area contributed by atoms with E-state index in [1.165, 1.54) is 0 Å². The van der Waals surface area contributed by atoms with Gasteiger partial charge in [-0.15, -0.1) is 0 Å². The van der Waals surface area contributed by atoms with Crippen LogP contribution in [0.4, 0.5) is 5.69 Å². The molecule has 5 heteroatoms. The zero-order chi connectivity index (χ0) is 14.0. The summed E-state index contributed by atoms with van der Waals surface area (Å²) < 4.78 is 0. The lowest BCUT2D eigenvalue weighted by Gasteiger charge is -2.43. The molecule has 1 saturated heterocycles. The van der Waals surface area contributed by atoms with Gasteiger partial charge in [0.25, 0.3) is 0 Å². The summed E-state index contributed by atoms with van der Waals surface area (Å²) >= 11 is 5.11. The maximum absolute atomic E-state index is 5.78. The van der Waals surface area contributed by atoms with E-state index in [1.807, 2.05) is 12.3 Å². The van der Waals surface area contributed by atoms with Gasteiger partial charge in [0, 0.05) is 43.5 Å². The topological polar surface area (TPSA) is 45.4 Å². The first-order valence-electron chi connectivity index (χ1n) is 6.63. The van der Waals surface area contributed by atoms with Crippen LogP contribution in [0.25, 0.3) is 0 Å². The van der Waals surface area contributed by atoms with E-state index in [-0.39, 0.29) is 5.54 Å². The number of piperazine rings is 1. The van der Waals surface area contributed by atoms with Crippen LogP contribution in [0.1, 0.15) is 26.3 Å². The van der Waals surface area contributed by atoms with Gasteiger partial charge >= 0.3 is 0 Å². The number of anilines is 1. The molecule has 0 spiro atoms. The highest BCUT2D eigenvalue weighted by atomic mass is 32.1. The van der Waals surface area contributed by atoms with Gasteiger partial charge in [-0.25, -0.2) is 0 Å². The van der Waals surface area contributed by atoms with Gasteiger partial charge in [0.15, 0.2) is 0 Å². The Labute approximate surface area is 120 Å². The largest absolute Gasteiger partial charge is 0.389 e. The second-order valence-electron chi connectivity index (χ2n) is 5.90. The van der Waals surface area contributed by atoms with Crippen LogP contribution < -0.4 is 10.6 Å². The van der Waals surface area contributed by atoms with Crippen molar-refractivity contribution in [3.05, 3.63) is 24.0 Å². The molecule has 0 atom stereocenters. The van der Waals surface area contributed by atoms with Crippen LogP contribution in [-0.2, 0) is 0 Å².